The van der Waals surface area contributed by atoms with E-state index in [4.69, 9.17) is 28.4 Å². The summed E-state index contributed by atoms with van der Waals surface area (Å²) in [4.78, 5) is 0. The Hall–Kier alpha value is -4.42. The molecule has 0 N–H and O–H groups in total. The van der Waals surface area contributed by atoms with E-state index in [-0.39, 0.29) is 0 Å². The lowest BCUT2D eigenvalue weighted by molar-refractivity contribution is 0.171. The maximum absolute atomic E-state index is 5.75. The summed E-state index contributed by atoms with van der Waals surface area (Å²) in [5.74, 6) is 16.6. The van der Waals surface area contributed by atoms with Crippen molar-refractivity contribution in [3.63, 3.8) is 0 Å². The highest BCUT2D eigenvalue weighted by Gasteiger charge is 2.14. The molecule has 0 fully saturated rings. The van der Waals surface area contributed by atoms with Gasteiger partial charge in [-0.3, -0.25) is 0 Å². The molecule has 0 unspecified atom stereocenters. The predicted octanol–water partition coefficient (Wildman–Crippen LogP) is 4.29. The average molecular weight is 456 g/mol. The van der Waals surface area contributed by atoms with Gasteiger partial charge in [-0.2, -0.15) is 0 Å². The van der Waals surface area contributed by atoms with Gasteiger partial charge in [0.05, 0.1) is 28.4 Å². The van der Waals surface area contributed by atoms with Crippen molar-refractivity contribution < 1.29 is 28.4 Å². The fourth-order valence-electron chi connectivity index (χ4n) is 3.40. The lowest BCUT2D eigenvalue weighted by Crippen LogP contribution is -2.15. The topological polar surface area (TPSA) is 55.4 Å². The van der Waals surface area contributed by atoms with Gasteiger partial charge in [0.1, 0.15) is 13.2 Å². The number of fused-ring (bicyclic) bond motifs is 1. The molecule has 0 amide bonds. The zero-order valence-electron chi connectivity index (χ0n) is 19.5. The summed E-state index contributed by atoms with van der Waals surface area (Å²) in [6.45, 7) is 0.985. The molecule has 3 aromatic carbocycles. The molecule has 1 aliphatic heterocycles. The second kappa shape index (κ2) is 10.5. The molecule has 0 radical (unpaired) electrons. The molecule has 6 nitrogen and oxygen atoms in total. The van der Waals surface area contributed by atoms with E-state index in [1.807, 2.05) is 48.5 Å². The molecule has 1 aliphatic rings. The van der Waals surface area contributed by atoms with Crippen molar-refractivity contribution >= 4 is 0 Å². The van der Waals surface area contributed by atoms with Crippen LogP contribution in [0.4, 0.5) is 0 Å². The maximum atomic E-state index is 5.75. The normalized spacial score (nSPS) is 11.3. The summed E-state index contributed by atoms with van der Waals surface area (Å²) in [5, 5.41) is 0. The molecule has 4 rings (SSSR count). The second-order valence-corrected chi connectivity index (χ2v) is 7.18. The van der Waals surface area contributed by atoms with Crippen LogP contribution in [0.5, 0.6) is 34.5 Å². The summed E-state index contributed by atoms with van der Waals surface area (Å²) >= 11 is 0. The van der Waals surface area contributed by atoms with Gasteiger partial charge in [0.25, 0.3) is 0 Å². The largest absolute Gasteiger partial charge is 0.493 e. The fourth-order valence-corrected chi connectivity index (χ4v) is 3.40. The quantitative estimate of drug-likeness (QED) is 0.546. The van der Waals surface area contributed by atoms with Crippen LogP contribution in [-0.2, 0) is 0 Å². The molecule has 0 aliphatic carbocycles. The van der Waals surface area contributed by atoms with Crippen molar-refractivity contribution in [2.45, 2.75) is 0 Å². The van der Waals surface area contributed by atoms with E-state index >= 15 is 0 Å². The van der Waals surface area contributed by atoms with Gasteiger partial charge in [-0.15, -0.1) is 0 Å². The number of ether oxygens (including phenoxy) is 6. The van der Waals surface area contributed by atoms with E-state index < -0.39 is 0 Å². The van der Waals surface area contributed by atoms with E-state index in [1.165, 1.54) is 0 Å². The average Bonchev–Trinajstić information content (AvgIpc) is 2.89. The summed E-state index contributed by atoms with van der Waals surface area (Å²) < 4.78 is 32.9. The van der Waals surface area contributed by atoms with E-state index in [2.05, 4.69) is 23.7 Å². The van der Waals surface area contributed by atoms with Crippen LogP contribution in [0.1, 0.15) is 22.3 Å². The van der Waals surface area contributed by atoms with Gasteiger partial charge >= 0.3 is 0 Å². The maximum Gasteiger partial charge on any atom is 0.162 e. The van der Waals surface area contributed by atoms with Crippen LogP contribution in [0.3, 0.4) is 0 Å². The fraction of sp³-hybridized carbons (Fsp3) is 0.214. The third-order valence-corrected chi connectivity index (χ3v) is 5.13. The van der Waals surface area contributed by atoms with Gasteiger partial charge < -0.3 is 28.4 Å². The van der Waals surface area contributed by atoms with Crippen LogP contribution in [0.15, 0.2) is 48.5 Å². The third kappa shape index (κ3) is 4.98. The Morgan fingerprint density at radius 2 is 0.941 bits per heavy atom. The minimum absolute atomic E-state index is 0.492. The molecule has 0 aromatic heterocycles. The van der Waals surface area contributed by atoms with Crippen molar-refractivity contribution in [3.05, 3.63) is 70.8 Å². The van der Waals surface area contributed by atoms with Gasteiger partial charge in [-0.25, -0.2) is 0 Å². The molecule has 0 bridgehead atoms. The molecule has 6 heteroatoms. The molecule has 34 heavy (non-hydrogen) atoms. The summed E-state index contributed by atoms with van der Waals surface area (Å²) in [6, 6.07) is 14.8. The van der Waals surface area contributed by atoms with Crippen molar-refractivity contribution in [2.24, 2.45) is 0 Å². The van der Waals surface area contributed by atoms with Gasteiger partial charge in [0, 0.05) is 34.4 Å². The van der Waals surface area contributed by atoms with Crippen molar-refractivity contribution in [1.29, 1.82) is 0 Å². The molecule has 0 saturated heterocycles. The van der Waals surface area contributed by atoms with Crippen molar-refractivity contribution in [2.75, 3.05) is 41.7 Å². The van der Waals surface area contributed by atoms with Crippen LogP contribution < -0.4 is 28.4 Å². The van der Waals surface area contributed by atoms with Crippen LogP contribution in [0.25, 0.3) is 0 Å². The Labute approximate surface area is 199 Å². The number of rotatable bonds is 4. The Kier molecular flexibility index (Phi) is 7.01. The van der Waals surface area contributed by atoms with Gasteiger partial charge in [-0.1, -0.05) is 23.7 Å². The van der Waals surface area contributed by atoms with Gasteiger partial charge in [0.15, 0.2) is 34.5 Å². The molecular formula is C28H24O6. The highest BCUT2D eigenvalue weighted by Crippen LogP contribution is 2.33. The van der Waals surface area contributed by atoms with Gasteiger partial charge in [-0.05, 0) is 36.4 Å². The molecule has 0 atom stereocenters. The minimum atomic E-state index is 0.492. The smallest absolute Gasteiger partial charge is 0.162 e. The Balaban J connectivity index is 1.74. The van der Waals surface area contributed by atoms with Gasteiger partial charge in [0.2, 0.25) is 0 Å². The first-order chi connectivity index (χ1) is 16.6. The summed E-state index contributed by atoms with van der Waals surface area (Å²) in [7, 11) is 6.39. The molecule has 1 heterocycles. The van der Waals surface area contributed by atoms with Crippen LogP contribution in [-0.4, -0.2) is 41.7 Å². The Bertz CT molecular complexity index is 1220. The first kappa shape index (κ1) is 22.8. The van der Waals surface area contributed by atoms with Crippen LogP contribution in [0.2, 0.25) is 0 Å². The highest BCUT2D eigenvalue weighted by molar-refractivity contribution is 5.62. The Morgan fingerprint density at radius 1 is 0.529 bits per heavy atom. The first-order valence-corrected chi connectivity index (χ1v) is 10.6. The second-order valence-electron chi connectivity index (χ2n) is 7.18. The summed E-state index contributed by atoms with van der Waals surface area (Å²) in [6.07, 6.45) is 0. The van der Waals surface area contributed by atoms with Crippen molar-refractivity contribution in [1.82, 2.24) is 0 Å². The lowest BCUT2D eigenvalue weighted by Gasteiger charge is -2.19. The van der Waals surface area contributed by atoms with E-state index in [0.717, 1.165) is 22.3 Å². The number of hydrogen-bond donors (Lipinski definition) is 0. The number of methoxy groups -OCH3 is 4. The zero-order valence-corrected chi connectivity index (χ0v) is 19.5. The van der Waals surface area contributed by atoms with E-state index in [0.29, 0.717) is 47.7 Å². The molecule has 0 spiro atoms. The highest BCUT2D eigenvalue weighted by atomic mass is 16.6. The van der Waals surface area contributed by atoms with E-state index in [1.54, 1.807) is 28.4 Å². The zero-order chi connectivity index (χ0) is 23.9. The SMILES string of the molecule is COc1ccc(C#Cc2cc3c(cc2C#Cc2ccc(OC)c(OC)c2)OCCO3)cc1OC. The van der Waals surface area contributed by atoms with E-state index in [9.17, 15) is 0 Å². The number of hydrogen-bond acceptors (Lipinski definition) is 6. The molecule has 172 valence electrons. The number of benzene rings is 3. The summed E-state index contributed by atoms with van der Waals surface area (Å²) in [5.41, 5.74) is 3.02. The molecular weight excluding hydrogens is 432 g/mol. The molecule has 0 saturated carbocycles. The lowest BCUT2D eigenvalue weighted by atomic mass is 10.0. The van der Waals surface area contributed by atoms with Crippen molar-refractivity contribution in [3.8, 4) is 58.2 Å². The Morgan fingerprint density at radius 3 is 1.32 bits per heavy atom. The minimum Gasteiger partial charge on any atom is -0.493 e. The van der Waals surface area contributed by atoms with Crippen LogP contribution >= 0.6 is 0 Å². The third-order valence-electron chi connectivity index (χ3n) is 5.13. The molecule has 3 aromatic rings. The predicted molar refractivity (Wildman–Crippen MR) is 128 cm³/mol. The first-order valence-electron chi connectivity index (χ1n) is 10.6. The van der Waals surface area contributed by atoms with Crippen LogP contribution in [0, 0.1) is 23.7 Å². The monoisotopic (exact) mass is 456 g/mol. The standard InChI is InChI=1S/C28H24O6/c1-29-23-11-7-19(15-25(23)31-3)5-9-21-17-27-28(34-14-13-33-27)18-22(21)10-6-20-8-12-24(30-2)26(16-20)32-4/h7-8,11-12,15-18H,13-14H2,1-4H3.